The Morgan fingerprint density at radius 2 is 1.84 bits per heavy atom. The van der Waals surface area contributed by atoms with Crippen molar-refractivity contribution >= 4 is 29.3 Å². The Hall–Kier alpha value is -3.55. The van der Waals surface area contributed by atoms with E-state index < -0.39 is 6.09 Å². The van der Waals surface area contributed by atoms with Crippen LogP contribution in [0.15, 0.2) is 54.6 Å². The van der Waals surface area contributed by atoms with Crippen LogP contribution in [0, 0.1) is 5.92 Å². The molecule has 32 heavy (non-hydrogen) atoms. The number of rotatable bonds is 7. The molecule has 168 valence electrons. The molecule has 2 aromatic carbocycles. The maximum absolute atomic E-state index is 13.0. The number of hydrogen-bond donors (Lipinski definition) is 1. The monoisotopic (exact) mass is 437 g/mol. The van der Waals surface area contributed by atoms with E-state index in [0.29, 0.717) is 50.6 Å². The second kappa shape index (κ2) is 10.2. The summed E-state index contributed by atoms with van der Waals surface area (Å²) >= 11 is 0. The molecule has 2 aliphatic rings. The van der Waals surface area contributed by atoms with Crippen molar-refractivity contribution in [1.29, 1.82) is 0 Å². The Labute approximate surface area is 187 Å². The van der Waals surface area contributed by atoms with E-state index in [2.05, 4.69) is 5.32 Å². The molecular weight excluding hydrogens is 410 g/mol. The number of nitrogens with zero attached hydrogens (tertiary/aromatic N) is 2. The normalized spacial score (nSPS) is 18.2. The van der Waals surface area contributed by atoms with Gasteiger partial charge in [-0.1, -0.05) is 30.3 Å². The minimum Gasteiger partial charge on any atom is -0.493 e. The Morgan fingerprint density at radius 1 is 1.06 bits per heavy atom. The second-order valence-corrected chi connectivity index (χ2v) is 7.86. The Morgan fingerprint density at radius 3 is 2.62 bits per heavy atom. The summed E-state index contributed by atoms with van der Waals surface area (Å²) in [4.78, 5) is 40.8. The molecule has 8 nitrogen and oxygen atoms in total. The summed E-state index contributed by atoms with van der Waals surface area (Å²) in [5, 5.41) is 2.95. The van der Waals surface area contributed by atoms with Crippen molar-refractivity contribution in [3.63, 3.8) is 0 Å². The van der Waals surface area contributed by atoms with Crippen LogP contribution < -0.4 is 15.0 Å². The first-order chi connectivity index (χ1) is 15.6. The third-order valence-electron chi connectivity index (χ3n) is 5.69. The van der Waals surface area contributed by atoms with Crippen LogP contribution in [0.1, 0.15) is 19.3 Å². The molecule has 2 aliphatic heterocycles. The highest BCUT2D eigenvalue weighted by Crippen LogP contribution is 2.29. The molecule has 0 spiro atoms. The van der Waals surface area contributed by atoms with Crippen molar-refractivity contribution in [2.75, 3.05) is 43.1 Å². The molecule has 2 saturated heterocycles. The predicted octanol–water partition coefficient (Wildman–Crippen LogP) is 3.29. The average molecular weight is 437 g/mol. The van der Waals surface area contributed by atoms with Crippen LogP contribution in [0.5, 0.6) is 5.75 Å². The lowest BCUT2D eigenvalue weighted by Gasteiger charge is -2.32. The van der Waals surface area contributed by atoms with Gasteiger partial charge in [-0.15, -0.1) is 0 Å². The molecule has 1 N–H and O–H groups in total. The van der Waals surface area contributed by atoms with Crippen molar-refractivity contribution in [1.82, 2.24) is 4.90 Å². The number of cyclic esters (lactones) is 1. The highest BCUT2D eigenvalue weighted by Gasteiger charge is 2.30. The van der Waals surface area contributed by atoms with Crippen LogP contribution >= 0.6 is 0 Å². The minimum absolute atomic E-state index is 0.0151. The molecule has 0 aromatic heterocycles. The highest BCUT2D eigenvalue weighted by molar-refractivity contribution is 6.00. The molecule has 1 unspecified atom stereocenters. The van der Waals surface area contributed by atoms with Crippen LogP contribution in [0.3, 0.4) is 0 Å². The van der Waals surface area contributed by atoms with Gasteiger partial charge in [0.05, 0.1) is 36.9 Å². The molecule has 0 saturated carbocycles. The SMILES string of the molecule is O=C(Nc1ccccc1N1CCOC1=O)C1CCCN(C(=O)CCOc2ccccc2)C1. The molecule has 2 fully saturated rings. The molecule has 0 radical (unpaired) electrons. The minimum atomic E-state index is -0.418. The van der Waals surface area contributed by atoms with E-state index in [4.69, 9.17) is 9.47 Å². The van der Waals surface area contributed by atoms with E-state index in [1.54, 1.807) is 17.0 Å². The fourth-order valence-corrected chi connectivity index (χ4v) is 4.01. The second-order valence-electron chi connectivity index (χ2n) is 7.86. The summed E-state index contributed by atoms with van der Waals surface area (Å²) in [6, 6.07) is 16.6. The van der Waals surface area contributed by atoms with Gasteiger partial charge in [-0.2, -0.15) is 0 Å². The molecule has 2 aromatic rings. The van der Waals surface area contributed by atoms with E-state index in [9.17, 15) is 14.4 Å². The number of ether oxygens (including phenoxy) is 2. The zero-order valence-corrected chi connectivity index (χ0v) is 17.9. The number of hydrogen-bond acceptors (Lipinski definition) is 5. The third-order valence-corrected chi connectivity index (χ3v) is 5.69. The van der Waals surface area contributed by atoms with Crippen LogP contribution in [-0.4, -0.2) is 55.7 Å². The summed E-state index contributed by atoms with van der Waals surface area (Å²) in [5.74, 6) is 0.264. The lowest BCUT2D eigenvalue weighted by atomic mass is 9.96. The molecule has 0 bridgehead atoms. The third kappa shape index (κ3) is 5.19. The van der Waals surface area contributed by atoms with Gasteiger partial charge in [-0.25, -0.2) is 4.79 Å². The number of nitrogens with one attached hydrogen (secondary N) is 1. The van der Waals surface area contributed by atoms with E-state index in [-0.39, 0.29) is 24.2 Å². The first-order valence-corrected chi connectivity index (χ1v) is 10.9. The fraction of sp³-hybridized carbons (Fsp3) is 0.375. The van der Waals surface area contributed by atoms with Gasteiger partial charge < -0.3 is 19.7 Å². The lowest BCUT2D eigenvalue weighted by Crippen LogP contribution is -2.44. The summed E-state index contributed by atoms with van der Waals surface area (Å²) in [6.45, 7) is 2.10. The Kier molecular flexibility index (Phi) is 6.89. The zero-order valence-electron chi connectivity index (χ0n) is 17.9. The van der Waals surface area contributed by atoms with Crippen LogP contribution in [-0.2, 0) is 14.3 Å². The van der Waals surface area contributed by atoms with Crippen LogP contribution in [0.2, 0.25) is 0 Å². The summed E-state index contributed by atoms with van der Waals surface area (Å²) in [6.07, 6.45) is 1.33. The average Bonchev–Trinajstić information content (AvgIpc) is 3.25. The first kappa shape index (κ1) is 21.7. The number of para-hydroxylation sites is 3. The highest BCUT2D eigenvalue weighted by atomic mass is 16.6. The van der Waals surface area contributed by atoms with Crippen LogP contribution in [0.25, 0.3) is 0 Å². The number of amides is 3. The Balaban J connectivity index is 1.32. The van der Waals surface area contributed by atoms with Crippen molar-refractivity contribution in [3.8, 4) is 5.75 Å². The molecule has 3 amide bonds. The molecule has 8 heteroatoms. The van der Waals surface area contributed by atoms with Gasteiger partial charge >= 0.3 is 6.09 Å². The summed E-state index contributed by atoms with van der Waals surface area (Å²) in [5.41, 5.74) is 1.18. The van der Waals surface area contributed by atoms with Crippen molar-refractivity contribution < 1.29 is 23.9 Å². The molecule has 2 heterocycles. The number of carbonyl (C=O) groups is 3. The number of benzene rings is 2. The van der Waals surface area contributed by atoms with E-state index >= 15 is 0 Å². The summed E-state index contributed by atoms with van der Waals surface area (Å²) < 4.78 is 10.6. The molecule has 4 rings (SSSR count). The quantitative estimate of drug-likeness (QED) is 0.718. The maximum Gasteiger partial charge on any atom is 0.414 e. The number of carbonyl (C=O) groups excluding carboxylic acids is 3. The van der Waals surface area contributed by atoms with Gasteiger partial charge in [-0.3, -0.25) is 14.5 Å². The number of likely N-dealkylation sites (tertiary alicyclic amines) is 1. The van der Waals surface area contributed by atoms with Crippen molar-refractivity contribution in [2.24, 2.45) is 5.92 Å². The largest absolute Gasteiger partial charge is 0.493 e. The van der Waals surface area contributed by atoms with Gasteiger partial charge in [0.2, 0.25) is 11.8 Å². The fourth-order valence-electron chi connectivity index (χ4n) is 4.01. The topological polar surface area (TPSA) is 88.2 Å². The molecule has 1 atom stereocenters. The van der Waals surface area contributed by atoms with Gasteiger partial charge in [-0.05, 0) is 37.1 Å². The van der Waals surface area contributed by atoms with E-state index in [1.165, 1.54) is 4.90 Å². The standard InChI is InChI=1S/C24H27N3O5/c28-22(12-15-31-19-8-2-1-3-9-19)26-13-6-7-18(17-26)23(29)25-20-10-4-5-11-21(20)27-14-16-32-24(27)30/h1-5,8-11,18H,6-7,12-17H2,(H,25,29). The lowest BCUT2D eigenvalue weighted by molar-refractivity contribution is -0.135. The summed E-state index contributed by atoms with van der Waals surface area (Å²) in [7, 11) is 0. The molecule has 0 aliphatic carbocycles. The number of anilines is 2. The predicted molar refractivity (Wildman–Crippen MR) is 120 cm³/mol. The van der Waals surface area contributed by atoms with Gasteiger partial charge in [0.25, 0.3) is 0 Å². The van der Waals surface area contributed by atoms with Gasteiger partial charge in [0.15, 0.2) is 0 Å². The molecular formula is C24H27N3O5. The number of piperidine rings is 1. The smallest absolute Gasteiger partial charge is 0.414 e. The van der Waals surface area contributed by atoms with E-state index in [0.717, 1.165) is 12.2 Å². The zero-order chi connectivity index (χ0) is 22.3. The Bertz CT molecular complexity index is 965. The maximum atomic E-state index is 13.0. The van der Waals surface area contributed by atoms with E-state index in [1.807, 2.05) is 42.5 Å². The van der Waals surface area contributed by atoms with Gasteiger partial charge in [0.1, 0.15) is 12.4 Å². The van der Waals surface area contributed by atoms with Gasteiger partial charge in [0, 0.05) is 13.1 Å². The van der Waals surface area contributed by atoms with Crippen molar-refractivity contribution in [2.45, 2.75) is 19.3 Å². The van der Waals surface area contributed by atoms with Crippen molar-refractivity contribution in [3.05, 3.63) is 54.6 Å². The first-order valence-electron chi connectivity index (χ1n) is 10.9. The van der Waals surface area contributed by atoms with Crippen LogP contribution in [0.4, 0.5) is 16.2 Å².